The first-order chi connectivity index (χ1) is 9.76. The maximum absolute atomic E-state index is 11.3. The molecule has 1 aromatic heterocycles. The number of anilines is 2. The molecule has 7 heteroatoms. The molecule has 1 heterocycles. The van der Waals surface area contributed by atoms with Gasteiger partial charge in [-0.15, -0.1) is 11.3 Å². The van der Waals surface area contributed by atoms with Gasteiger partial charge in [-0.25, -0.2) is 8.42 Å². The zero-order valence-electron chi connectivity index (χ0n) is 12.0. The molecule has 2 rings (SSSR count). The third-order valence-corrected chi connectivity index (χ3v) is 5.59. The molecule has 21 heavy (non-hydrogen) atoms. The smallest absolute Gasteiger partial charge is 0.229 e. The van der Waals surface area contributed by atoms with Crippen LogP contribution in [0.15, 0.2) is 34.1 Å². The van der Waals surface area contributed by atoms with Crippen molar-refractivity contribution >= 4 is 48.7 Å². The Balaban J connectivity index is 2.15. The maximum Gasteiger partial charge on any atom is 0.229 e. The summed E-state index contributed by atoms with van der Waals surface area (Å²) in [7, 11) is -3.25. The third-order valence-electron chi connectivity index (χ3n) is 2.94. The van der Waals surface area contributed by atoms with E-state index in [0.717, 1.165) is 22.0 Å². The second-order valence-corrected chi connectivity index (χ2v) is 8.45. The van der Waals surface area contributed by atoms with Gasteiger partial charge in [0.2, 0.25) is 10.0 Å². The van der Waals surface area contributed by atoms with Crippen molar-refractivity contribution in [1.29, 1.82) is 0 Å². The van der Waals surface area contributed by atoms with Crippen molar-refractivity contribution < 1.29 is 8.42 Å². The number of aryl methyl sites for hydroxylation is 1. The molecular weight excluding hydrogens is 372 g/mol. The van der Waals surface area contributed by atoms with Gasteiger partial charge in [-0.3, -0.25) is 4.72 Å². The van der Waals surface area contributed by atoms with E-state index >= 15 is 0 Å². The summed E-state index contributed by atoms with van der Waals surface area (Å²) >= 11 is 5.22. The molecule has 0 aliphatic heterocycles. The van der Waals surface area contributed by atoms with Gasteiger partial charge in [-0.1, -0.05) is 0 Å². The lowest BCUT2D eigenvalue weighted by Crippen LogP contribution is -2.11. The van der Waals surface area contributed by atoms with Crippen molar-refractivity contribution in [2.45, 2.75) is 19.9 Å². The SMILES string of the molecule is Cc1cc(NC(C)c2sccc2Br)ccc1NS(C)(=O)=O. The summed E-state index contributed by atoms with van der Waals surface area (Å²) in [5, 5.41) is 5.46. The van der Waals surface area contributed by atoms with Crippen molar-refractivity contribution in [3.05, 3.63) is 44.6 Å². The summed E-state index contributed by atoms with van der Waals surface area (Å²) in [4.78, 5) is 1.23. The highest BCUT2D eigenvalue weighted by Gasteiger charge is 2.11. The van der Waals surface area contributed by atoms with Crippen LogP contribution in [-0.4, -0.2) is 14.7 Å². The lowest BCUT2D eigenvalue weighted by atomic mass is 10.1. The molecule has 0 spiro atoms. The van der Waals surface area contributed by atoms with Crippen LogP contribution in [0.1, 0.15) is 23.4 Å². The largest absolute Gasteiger partial charge is 0.378 e. The fraction of sp³-hybridized carbons (Fsp3) is 0.286. The van der Waals surface area contributed by atoms with Crippen LogP contribution in [0.2, 0.25) is 0 Å². The second-order valence-electron chi connectivity index (χ2n) is 4.90. The van der Waals surface area contributed by atoms with Crippen LogP contribution in [0.3, 0.4) is 0 Å². The standard InChI is InChI=1S/C14H17BrN2O2S2/c1-9-8-11(4-5-13(9)17-21(3,18)19)16-10(2)14-12(15)6-7-20-14/h4-8,10,16-17H,1-3H3. The summed E-state index contributed by atoms with van der Waals surface area (Å²) in [5.74, 6) is 0. The van der Waals surface area contributed by atoms with E-state index < -0.39 is 10.0 Å². The molecule has 2 N–H and O–H groups in total. The summed E-state index contributed by atoms with van der Waals surface area (Å²) in [6.07, 6.45) is 1.15. The van der Waals surface area contributed by atoms with Gasteiger partial charge in [0.05, 0.1) is 18.0 Å². The van der Waals surface area contributed by atoms with Crippen molar-refractivity contribution in [2.75, 3.05) is 16.3 Å². The van der Waals surface area contributed by atoms with Crippen molar-refractivity contribution in [3.8, 4) is 0 Å². The van der Waals surface area contributed by atoms with Crippen molar-refractivity contribution in [2.24, 2.45) is 0 Å². The minimum Gasteiger partial charge on any atom is -0.378 e. The Morgan fingerprint density at radius 1 is 1.29 bits per heavy atom. The molecule has 0 saturated heterocycles. The summed E-state index contributed by atoms with van der Waals surface area (Å²) in [6, 6.07) is 7.79. The summed E-state index contributed by atoms with van der Waals surface area (Å²) < 4.78 is 26.2. The normalized spacial score (nSPS) is 13.0. The van der Waals surface area contributed by atoms with E-state index in [-0.39, 0.29) is 6.04 Å². The first-order valence-electron chi connectivity index (χ1n) is 6.34. The quantitative estimate of drug-likeness (QED) is 0.799. The van der Waals surface area contributed by atoms with Gasteiger partial charge in [0, 0.05) is 15.0 Å². The van der Waals surface area contributed by atoms with E-state index in [9.17, 15) is 8.42 Å². The lowest BCUT2D eigenvalue weighted by Gasteiger charge is -2.16. The van der Waals surface area contributed by atoms with Gasteiger partial charge in [-0.2, -0.15) is 0 Å². The average Bonchev–Trinajstić information content (AvgIpc) is 2.77. The topological polar surface area (TPSA) is 58.2 Å². The van der Waals surface area contributed by atoms with E-state index in [2.05, 4.69) is 32.9 Å². The van der Waals surface area contributed by atoms with E-state index in [1.54, 1.807) is 17.4 Å². The average molecular weight is 389 g/mol. The van der Waals surface area contributed by atoms with Gasteiger partial charge in [0.1, 0.15) is 0 Å². The number of benzene rings is 1. The van der Waals surface area contributed by atoms with Gasteiger partial charge in [-0.05, 0) is 65.0 Å². The second kappa shape index (κ2) is 6.37. The molecule has 0 amide bonds. The van der Waals surface area contributed by atoms with Gasteiger partial charge < -0.3 is 5.32 Å². The first kappa shape index (κ1) is 16.3. The van der Waals surface area contributed by atoms with E-state index in [1.165, 1.54) is 4.88 Å². The Morgan fingerprint density at radius 3 is 2.52 bits per heavy atom. The number of thiophene rings is 1. The Kier molecular flexibility index (Phi) is 4.95. The molecule has 2 aromatic rings. The molecule has 4 nitrogen and oxygen atoms in total. The summed E-state index contributed by atoms with van der Waals surface area (Å²) in [6.45, 7) is 3.97. The van der Waals surface area contributed by atoms with Crippen LogP contribution >= 0.6 is 27.3 Å². The molecule has 0 fully saturated rings. The zero-order valence-corrected chi connectivity index (χ0v) is 15.2. The molecule has 0 saturated carbocycles. The molecule has 114 valence electrons. The molecule has 1 atom stereocenters. The molecule has 1 unspecified atom stereocenters. The fourth-order valence-electron chi connectivity index (χ4n) is 2.00. The van der Waals surface area contributed by atoms with Crippen LogP contribution in [-0.2, 0) is 10.0 Å². The highest BCUT2D eigenvalue weighted by Crippen LogP contribution is 2.31. The number of sulfonamides is 1. The van der Waals surface area contributed by atoms with E-state index in [0.29, 0.717) is 5.69 Å². The van der Waals surface area contributed by atoms with Crippen molar-refractivity contribution in [1.82, 2.24) is 0 Å². The third kappa shape index (κ3) is 4.46. The van der Waals surface area contributed by atoms with Gasteiger partial charge in [0.25, 0.3) is 0 Å². The molecule has 0 aliphatic rings. The molecule has 0 aliphatic carbocycles. The molecular formula is C14H17BrN2O2S2. The predicted molar refractivity (Wildman–Crippen MR) is 93.7 cm³/mol. The zero-order chi connectivity index (χ0) is 15.6. The Morgan fingerprint density at radius 2 is 2.00 bits per heavy atom. The van der Waals surface area contributed by atoms with Crippen LogP contribution in [0.5, 0.6) is 0 Å². The lowest BCUT2D eigenvalue weighted by molar-refractivity contribution is 0.607. The van der Waals surface area contributed by atoms with Crippen LogP contribution in [0.25, 0.3) is 0 Å². The van der Waals surface area contributed by atoms with Gasteiger partial charge in [0.15, 0.2) is 0 Å². The monoisotopic (exact) mass is 388 g/mol. The predicted octanol–water partition coefficient (Wildman–Crippen LogP) is 4.36. The molecule has 0 radical (unpaired) electrons. The minimum atomic E-state index is -3.25. The molecule has 1 aromatic carbocycles. The number of rotatable bonds is 5. The van der Waals surface area contributed by atoms with E-state index in [1.807, 2.05) is 30.5 Å². The van der Waals surface area contributed by atoms with Crippen LogP contribution in [0.4, 0.5) is 11.4 Å². The maximum atomic E-state index is 11.3. The number of hydrogen-bond acceptors (Lipinski definition) is 4. The number of nitrogens with one attached hydrogen (secondary N) is 2. The molecule has 0 bridgehead atoms. The first-order valence-corrected chi connectivity index (χ1v) is 9.90. The van der Waals surface area contributed by atoms with Gasteiger partial charge >= 0.3 is 0 Å². The highest BCUT2D eigenvalue weighted by atomic mass is 79.9. The Hall–Kier alpha value is -1.05. The minimum absolute atomic E-state index is 0.174. The van der Waals surface area contributed by atoms with E-state index in [4.69, 9.17) is 0 Å². The fourth-order valence-corrected chi connectivity index (χ4v) is 4.35. The summed E-state index contributed by atoms with van der Waals surface area (Å²) in [5.41, 5.74) is 2.44. The van der Waals surface area contributed by atoms with Crippen LogP contribution in [0, 0.1) is 6.92 Å². The highest BCUT2D eigenvalue weighted by molar-refractivity contribution is 9.10. The number of hydrogen-bond donors (Lipinski definition) is 2. The Labute approximate surface area is 137 Å². The number of halogens is 1. The van der Waals surface area contributed by atoms with Crippen molar-refractivity contribution in [3.63, 3.8) is 0 Å². The van der Waals surface area contributed by atoms with Crippen LogP contribution < -0.4 is 10.0 Å². The Bertz CT molecular complexity index is 741.